The third-order valence-electron chi connectivity index (χ3n) is 4.30. The minimum atomic E-state index is -2.98. The highest BCUT2D eigenvalue weighted by molar-refractivity contribution is 9.10. The lowest BCUT2D eigenvalue weighted by Gasteiger charge is -2.10. The smallest absolute Gasteiger partial charge is 0.387 e. The second-order valence-electron chi connectivity index (χ2n) is 6.36. The normalized spacial score (nSPS) is 11.5. The molecule has 0 amide bonds. The molecule has 0 aliphatic rings. The van der Waals surface area contributed by atoms with Gasteiger partial charge in [-0.25, -0.2) is 9.78 Å². The fraction of sp³-hybridized carbons (Fsp3) is 0.0455. The molecule has 2 heterocycles. The van der Waals surface area contributed by atoms with Crippen LogP contribution in [0, 0.1) is 11.3 Å². The van der Waals surface area contributed by atoms with Crippen LogP contribution < -0.4 is 15.7 Å². The number of para-hydroxylation sites is 2. The number of hydrogen-bond acceptors (Lipinski definition) is 7. The molecule has 2 aromatic heterocycles. The number of benzene rings is 2. The van der Waals surface area contributed by atoms with E-state index in [9.17, 15) is 18.8 Å². The number of thiazole rings is 1. The van der Waals surface area contributed by atoms with Gasteiger partial charge in [-0.3, -0.25) is 0 Å². The minimum Gasteiger partial charge on any atom is -0.433 e. The zero-order chi connectivity index (χ0) is 22.7. The molecule has 0 fully saturated rings. The van der Waals surface area contributed by atoms with Crippen molar-refractivity contribution in [3.8, 4) is 23.1 Å². The van der Waals surface area contributed by atoms with Gasteiger partial charge in [-0.1, -0.05) is 28.1 Å². The van der Waals surface area contributed by atoms with Crippen LogP contribution in [0.5, 0.6) is 5.75 Å². The van der Waals surface area contributed by atoms with E-state index in [1.165, 1.54) is 18.3 Å². The van der Waals surface area contributed by atoms with Crippen molar-refractivity contribution in [1.29, 1.82) is 5.26 Å². The number of nitrogens with zero attached hydrogens (tertiary/aromatic N) is 2. The average molecular weight is 516 g/mol. The van der Waals surface area contributed by atoms with Gasteiger partial charge in [0.25, 0.3) is 0 Å². The van der Waals surface area contributed by atoms with E-state index in [-0.39, 0.29) is 22.6 Å². The summed E-state index contributed by atoms with van der Waals surface area (Å²) < 4.78 is 35.8. The number of alkyl halides is 2. The van der Waals surface area contributed by atoms with Crippen LogP contribution in [-0.4, -0.2) is 11.6 Å². The second-order valence-corrected chi connectivity index (χ2v) is 8.13. The molecule has 4 aromatic rings. The van der Waals surface area contributed by atoms with Crippen molar-refractivity contribution in [1.82, 2.24) is 4.98 Å². The van der Waals surface area contributed by atoms with Crippen molar-refractivity contribution in [2.75, 3.05) is 5.32 Å². The average Bonchev–Trinajstić information content (AvgIpc) is 3.24. The maximum Gasteiger partial charge on any atom is 0.387 e. The molecular formula is C22H12BrF2N3O3S. The zero-order valence-electron chi connectivity index (χ0n) is 16.0. The number of allylic oxidation sites excluding steroid dienone is 1. The first-order chi connectivity index (χ1) is 15.4. The van der Waals surface area contributed by atoms with Crippen LogP contribution in [-0.2, 0) is 0 Å². The molecule has 0 bridgehead atoms. The lowest BCUT2D eigenvalue weighted by atomic mass is 10.1. The number of rotatable bonds is 6. The van der Waals surface area contributed by atoms with Gasteiger partial charge in [0.2, 0.25) is 0 Å². The van der Waals surface area contributed by atoms with Crippen molar-refractivity contribution in [2.45, 2.75) is 6.61 Å². The molecule has 32 heavy (non-hydrogen) atoms. The Morgan fingerprint density at radius 3 is 2.88 bits per heavy atom. The highest BCUT2D eigenvalue weighted by Gasteiger charge is 2.15. The standard InChI is InChI=1S/C22H12BrF2N3O3S/c23-14-5-6-18-12(7-14)8-15(21(29)30-18)17-11-32-20(28-17)13(9-26)10-27-16-3-1-2-4-19(16)31-22(24)25/h1-8,10-11,22,27H. The Labute approximate surface area is 192 Å². The van der Waals surface area contributed by atoms with E-state index in [0.29, 0.717) is 16.3 Å². The summed E-state index contributed by atoms with van der Waals surface area (Å²) in [6.45, 7) is -2.98. The fourth-order valence-corrected chi connectivity index (χ4v) is 4.03. The Balaban J connectivity index is 1.64. The van der Waals surface area contributed by atoms with E-state index in [4.69, 9.17) is 4.42 Å². The molecule has 0 aliphatic carbocycles. The third kappa shape index (κ3) is 4.69. The molecule has 0 spiro atoms. The lowest BCUT2D eigenvalue weighted by Crippen LogP contribution is -2.04. The molecule has 0 atom stereocenters. The molecule has 0 saturated heterocycles. The first-order valence-corrected chi connectivity index (χ1v) is 10.7. The van der Waals surface area contributed by atoms with E-state index in [1.807, 2.05) is 12.1 Å². The topological polar surface area (TPSA) is 88.2 Å². The second kappa shape index (κ2) is 9.30. The fourth-order valence-electron chi connectivity index (χ4n) is 2.87. The van der Waals surface area contributed by atoms with Crippen LogP contribution in [0.15, 0.2) is 73.8 Å². The molecule has 4 rings (SSSR count). The number of anilines is 1. The van der Waals surface area contributed by atoms with Crippen molar-refractivity contribution < 1.29 is 17.9 Å². The van der Waals surface area contributed by atoms with Gasteiger partial charge in [-0.05, 0) is 36.4 Å². The van der Waals surface area contributed by atoms with E-state index < -0.39 is 12.2 Å². The quantitative estimate of drug-likeness (QED) is 0.241. The Bertz CT molecular complexity index is 1430. The molecule has 10 heteroatoms. The number of ether oxygens (including phenoxy) is 1. The summed E-state index contributed by atoms with van der Waals surface area (Å²) >= 11 is 4.55. The van der Waals surface area contributed by atoms with Crippen LogP contribution >= 0.6 is 27.3 Å². The zero-order valence-corrected chi connectivity index (χ0v) is 18.4. The van der Waals surface area contributed by atoms with Gasteiger partial charge in [0.1, 0.15) is 28.0 Å². The van der Waals surface area contributed by atoms with Gasteiger partial charge in [0, 0.05) is 21.4 Å². The summed E-state index contributed by atoms with van der Waals surface area (Å²) in [5, 5.41) is 15.1. The first-order valence-electron chi connectivity index (χ1n) is 9.05. The predicted molar refractivity (Wildman–Crippen MR) is 122 cm³/mol. The van der Waals surface area contributed by atoms with Gasteiger partial charge in [0.15, 0.2) is 0 Å². The first kappa shape index (κ1) is 21.7. The predicted octanol–water partition coefficient (Wildman–Crippen LogP) is 6.26. The van der Waals surface area contributed by atoms with Gasteiger partial charge in [-0.15, -0.1) is 11.3 Å². The largest absolute Gasteiger partial charge is 0.433 e. The Kier molecular flexibility index (Phi) is 6.30. The number of aromatic nitrogens is 1. The Morgan fingerprint density at radius 2 is 2.09 bits per heavy atom. The third-order valence-corrected chi connectivity index (χ3v) is 5.67. The van der Waals surface area contributed by atoms with Crippen LogP contribution in [0.4, 0.5) is 14.5 Å². The lowest BCUT2D eigenvalue weighted by molar-refractivity contribution is -0.0493. The van der Waals surface area contributed by atoms with Crippen LogP contribution in [0.1, 0.15) is 5.01 Å². The van der Waals surface area contributed by atoms with E-state index >= 15 is 0 Å². The molecule has 160 valence electrons. The Morgan fingerprint density at radius 1 is 1.28 bits per heavy atom. The summed E-state index contributed by atoms with van der Waals surface area (Å²) in [6.07, 6.45) is 1.34. The van der Waals surface area contributed by atoms with Crippen LogP contribution in [0.3, 0.4) is 0 Å². The summed E-state index contributed by atoms with van der Waals surface area (Å²) in [5.41, 5.74) is 0.945. The molecule has 0 saturated carbocycles. The molecular weight excluding hydrogens is 504 g/mol. The van der Waals surface area contributed by atoms with Crippen molar-refractivity contribution in [3.05, 3.63) is 80.0 Å². The van der Waals surface area contributed by atoms with Crippen molar-refractivity contribution in [3.63, 3.8) is 0 Å². The van der Waals surface area contributed by atoms with Crippen molar-refractivity contribution in [2.24, 2.45) is 0 Å². The molecule has 0 unspecified atom stereocenters. The maximum absolute atomic E-state index is 12.6. The highest BCUT2D eigenvalue weighted by atomic mass is 79.9. The van der Waals surface area contributed by atoms with E-state index in [0.717, 1.165) is 21.2 Å². The van der Waals surface area contributed by atoms with Crippen molar-refractivity contribution >= 4 is 49.5 Å². The van der Waals surface area contributed by atoms with Gasteiger partial charge in [0.05, 0.1) is 16.9 Å². The van der Waals surface area contributed by atoms with Crippen LogP contribution in [0.2, 0.25) is 0 Å². The van der Waals surface area contributed by atoms with Gasteiger partial charge < -0.3 is 14.5 Å². The van der Waals surface area contributed by atoms with Gasteiger partial charge >= 0.3 is 12.2 Å². The maximum atomic E-state index is 12.6. The number of hydrogen-bond donors (Lipinski definition) is 1. The number of halogens is 3. The summed E-state index contributed by atoms with van der Waals surface area (Å²) in [6, 6.07) is 15.1. The highest BCUT2D eigenvalue weighted by Crippen LogP contribution is 2.29. The monoisotopic (exact) mass is 515 g/mol. The van der Waals surface area contributed by atoms with Crippen LogP contribution in [0.25, 0.3) is 27.8 Å². The number of fused-ring (bicyclic) bond motifs is 1. The van der Waals surface area contributed by atoms with E-state index in [2.05, 4.69) is 31.0 Å². The number of nitriles is 1. The Hall–Kier alpha value is -3.55. The summed E-state index contributed by atoms with van der Waals surface area (Å²) in [7, 11) is 0. The molecule has 2 aromatic carbocycles. The SMILES string of the molecule is N#CC(=CNc1ccccc1OC(F)F)c1nc(-c2cc3cc(Br)ccc3oc2=O)cs1. The molecule has 0 radical (unpaired) electrons. The minimum absolute atomic E-state index is 0.0594. The summed E-state index contributed by atoms with van der Waals surface area (Å²) in [5.74, 6) is -0.0594. The molecule has 6 nitrogen and oxygen atoms in total. The van der Waals surface area contributed by atoms with E-state index in [1.54, 1.807) is 35.7 Å². The molecule has 0 aliphatic heterocycles. The molecule has 1 N–H and O–H groups in total. The summed E-state index contributed by atoms with van der Waals surface area (Å²) in [4.78, 5) is 16.8. The van der Waals surface area contributed by atoms with Gasteiger partial charge in [-0.2, -0.15) is 14.0 Å². The number of nitrogens with one attached hydrogen (secondary N) is 1.